The van der Waals surface area contributed by atoms with Gasteiger partial charge < -0.3 is 19.9 Å². The molecule has 2 aromatic carbocycles. The first-order valence-corrected chi connectivity index (χ1v) is 12.2. The highest BCUT2D eigenvalue weighted by Gasteiger charge is 2.45. The predicted molar refractivity (Wildman–Crippen MR) is 140 cm³/mol. The summed E-state index contributed by atoms with van der Waals surface area (Å²) in [6.45, 7) is 1.13. The lowest BCUT2D eigenvalue weighted by atomic mass is 10.1. The molecular formula is C24H26Cl2N4O3S. The van der Waals surface area contributed by atoms with Gasteiger partial charge in [0.25, 0.3) is 5.91 Å². The molecule has 0 unspecified atom stereocenters. The summed E-state index contributed by atoms with van der Waals surface area (Å²) >= 11 is 18.1. The van der Waals surface area contributed by atoms with Crippen molar-refractivity contribution in [3.8, 4) is 0 Å². The first-order valence-electron chi connectivity index (χ1n) is 11.0. The van der Waals surface area contributed by atoms with Crippen LogP contribution >= 0.6 is 35.4 Å². The first kappa shape index (κ1) is 24.7. The molecule has 34 heavy (non-hydrogen) atoms. The van der Waals surface area contributed by atoms with E-state index in [1.165, 1.54) is 4.90 Å². The van der Waals surface area contributed by atoms with Gasteiger partial charge in [0.1, 0.15) is 6.04 Å². The molecule has 10 heteroatoms. The first-order chi connectivity index (χ1) is 16.3. The van der Waals surface area contributed by atoms with Gasteiger partial charge in [-0.3, -0.25) is 14.5 Å². The van der Waals surface area contributed by atoms with Gasteiger partial charge >= 0.3 is 0 Å². The average Bonchev–Trinajstić information content (AvgIpc) is 3.39. The van der Waals surface area contributed by atoms with Crippen molar-refractivity contribution in [1.29, 1.82) is 0 Å². The quantitative estimate of drug-likeness (QED) is 0.539. The Kier molecular flexibility index (Phi) is 7.62. The van der Waals surface area contributed by atoms with Crippen molar-refractivity contribution in [1.82, 2.24) is 4.90 Å². The van der Waals surface area contributed by atoms with E-state index in [0.29, 0.717) is 39.7 Å². The van der Waals surface area contributed by atoms with E-state index in [4.69, 9.17) is 40.2 Å². The van der Waals surface area contributed by atoms with E-state index in [-0.39, 0.29) is 24.3 Å². The van der Waals surface area contributed by atoms with E-state index < -0.39 is 6.04 Å². The molecule has 2 atom stereocenters. The number of anilines is 3. The fraction of sp³-hybridized carbons (Fsp3) is 0.375. The monoisotopic (exact) mass is 520 g/mol. The molecular weight excluding hydrogens is 495 g/mol. The van der Waals surface area contributed by atoms with Gasteiger partial charge in [-0.2, -0.15) is 0 Å². The Bertz CT molecular complexity index is 1070. The number of benzene rings is 2. The molecule has 2 amide bonds. The summed E-state index contributed by atoms with van der Waals surface area (Å²) in [5, 5.41) is 3.77. The third-order valence-electron chi connectivity index (χ3n) is 5.97. The number of nitrogens with one attached hydrogen (secondary N) is 1. The maximum absolute atomic E-state index is 13.6. The molecule has 0 saturated carbocycles. The summed E-state index contributed by atoms with van der Waals surface area (Å²) < 4.78 is 5.79. The van der Waals surface area contributed by atoms with Gasteiger partial charge in [0.15, 0.2) is 5.11 Å². The molecule has 4 rings (SSSR count). The van der Waals surface area contributed by atoms with Gasteiger partial charge in [-0.1, -0.05) is 29.3 Å². The van der Waals surface area contributed by atoms with Crippen molar-refractivity contribution in [2.75, 3.05) is 42.4 Å². The summed E-state index contributed by atoms with van der Waals surface area (Å²) in [5.41, 5.74) is 1.99. The maximum atomic E-state index is 13.6. The Balaban J connectivity index is 1.58. The molecule has 0 radical (unpaired) electrons. The number of para-hydroxylation sites is 1. The van der Waals surface area contributed by atoms with Crippen LogP contribution < -0.4 is 15.1 Å². The van der Waals surface area contributed by atoms with Crippen LogP contribution in [0.25, 0.3) is 0 Å². The smallest absolute Gasteiger partial charge is 0.256 e. The van der Waals surface area contributed by atoms with Crippen LogP contribution in [-0.2, 0) is 14.3 Å². The molecule has 2 aromatic rings. The Morgan fingerprint density at radius 2 is 1.85 bits per heavy atom. The molecule has 0 aliphatic carbocycles. The van der Waals surface area contributed by atoms with Gasteiger partial charge in [0.2, 0.25) is 5.91 Å². The molecule has 1 N–H and O–H groups in total. The van der Waals surface area contributed by atoms with Gasteiger partial charge in [-0.25, -0.2) is 0 Å². The van der Waals surface area contributed by atoms with Crippen molar-refractivity contribution in [3.05, 3.63) is 52.5 Å². The standard InChI is InChI=1S/C24H26Cl2N4O3S/c1-28(2)15-8-10-16(11-9-15)30-23(32)20(29(24(30)34)14-17-5-4-12-33-17)13-21(31)27-22-18(25)6-3-7-19(22)26/h3,6-11,17,20H,4-5,12-14H2,1-2H3,(H,27,31)/t17-,20-/m0/s1. The van der Waals surface area contributed by atoms with E-state index in [1.54, 1.807) is 23.1 Å². The van der Waals surface area contributed by atoms with Crippen LogP contribution in [-0.4, -0.2) is 61.2 Å². The zero-order chi connectivity index (χ0) is 24.4. The van der Waals surface area contributed by atoms with E-state index in [9.17, 15) is 9.59 Å². The highest BCUT2D eigenvalue weighted by molar-refractivity contribution is 7.80. The zero-order valence-corrected chi connectivity index (χ0v) is 21.3. The van der Waals surface area contributed by atoms with Crippen molar-refractivity contribution < 1.29 is 14.3 Å². The highest BCUT2D eigenvalue weighted by Crippen LogP contribution is 2.32. The lowest BCUT2D eigenvalue weighted by Crippen LogP contribution is -2.42. The molecule has 2 saturated heterocycles. The Hall–Kier alpha value is -2.39. The second kappa shape index (κ2) is 10.5. The number of carbonyl (C=O) groups is 2. The minimum atomic E-state index is -0.758. The number of thiocarbonyl (C=S) groups is 1. The summed E-state index contributed by atoms with van der Waals surface area (Å²) in [6, 6.07) is 11.8. The van der Waals surface area contributed by atoms with Gasteiger partial charge in [-0.05, 0) is 61.5 Å². The zero-order valence-electron chi connectivity index (χ0n) is 19.0. The number of carbonyl (C=O) groups excluding carboxylic acids is 2. The van der Waals surface area contributed by atoms with Crippen molar-refractivity contribution in [2.24, 2.45) is 0 Å². The summed E-state index contributed by atoms with van der Waals surface area (Å²) in [4.78, 5) is 31.8. The third kappa shape index (κ3) is 5.15. The largest absolute Gasteiger partial charge is 0.378 e. The number of amides is 2. The average molecular weight is 521 g/mol. The van der Waals surface area contributed by atoms with Crippen LogP contribution in [0.3, 0.4) is 0 Å². The van der Waals surface area contributed by atoms with E-state index >= 15 is 0 Å². The van der Waals surface area contributed by atoms with E-state index in [2.05, 4.69) is 5.32 Å². The highest BCUT2D eigenvalue weighted by atomic mass is 35.5. The number of hydrogen-bond acceptors (Lipinski definition) is 5. The van der Waals surface area contributed by atoms with Crippen LogP contribution in [0.2, 0.25) is 10.0 Å². The SMILES string of the molecule is CN(C)c1ccc(N2C(=O)[C@H](CC(=O)Nc3c(Cl)cccc3Cl)N(C[C@@H]3CCCO3)C2=S)cc1. The van der Waals surface area contributed by atoms with Crippen LogP contribution in [0.1, 0.15) is 19.3 Å². The normalized spacial score (nSPS) is 20.2. The van der Waals surface area contributed by atoms with Crippen LogP contribution in [0.4, 0.5) is 17.1 Å². The lowest BCUT2D eigenvalue weighted by Gasteiger charge is -2.26. The molecule has 0 spiro atoms. The molecule has 2 heterocycles. The van der Waals surface area contributed by atoms with E-state index in [1.807, 2.05) is 43.3 Å². The molecule has 7 nitrogen and oxygen atoms in total. The molecule has 180 valence electrons. The number of halogens is 2. The van der Waals surface area contributed by atoms with Crippen molar-refractivity contribution >= 4 is 69.4 Å². The fourth-order valence-electron chi connectivity index (χ4n) is 4.17. The van der Waals surface area contributed by atoms with Crippen molar-refractivity contribution in [3.63, 3.8) is 0 Å². The lowest BCUT2D eigenvalue weighted by molar-refractivity contribution is -0.124. The fourth-order valence-corrected chi connectivity index (χ4v) is 5.06. The minimum Gasteiger partial charge on any atom is -0.378 e. The Morgan fingerprint density at radius 1 is 1.18 bits per heavy atom. The summed E-state index contributed by atoms with van der Waals surface area (Å²) in [6.07, 6.45) is 1.72. The summed E-state index contributed by atoms with van der Waals surface area (Å²) in [5.74, 6) is -0.626. The number of nitrogens with zero attached hydrogens (tertiary/aromatic N) is 3. The van der Waals surface area contributed by atoms with Crippen LogP contribution in [0.5, 0.6) is 0 Å². The topological polar surface area (TPSA) is 65.1 Å². The number of ether oxygens (including phenoxy) is 1. The maximum Gasteiger partial charge on any atom is 0.256 e. The second-order valence-corrected chi connectivity index (χ2v) is 9.70. The number of hydrogen-bond donors (Lipinski definition) is 1. The molecule has 2 fully saturated rings. The van der Waals surface area contributed by atoms with E-state index in [0.717, 1.165) is 18.5 Å². The summed E-state index contributed by atoms with van der Waals surface area (Å²) in [7, 11) is 3.90. The van der Waals surface area contributed by atoms with Crippen LogP contribution in [0.15, 0.2) is 42.5 Å². The van der Waals surface area contributed by atoms with Gasteiger partial charge in [-0.15, -0.1) is 0 Å². The van der Waals surface area contributed by atoms with Crippen LogP contribution in [0, 0.1) is 0 Å². The van der Waals surface area contributed by atoms with Gasteiger partial charge in [0.05, 0.1) is 33.9 Å². The minimum absolute atomic E-state index is 0.0367. The van der Waals surface area contributed by atoms with Gasteiger partial charge in [0, 0.05) is 32.9 Å². The third-order valence-corrected chi connectivity index (χ3v) is 7.02. The Morgan fingerprint density at radius 3 is 2.44 bits per heavy atom. The Labute approximate surface area is 214 Å². The van der Waals surface area contributed by atoms with Crippen molar-refractivity contribution in [2.45, 2.75) is 31.4 Å². The second-order valence-electron chi connectivity index (χ2n) is 8.52. The molecule has 0 bridgehead atoms. The predicted octanol–water partition coefficient (Wildman–Crippen LogP) is 4.57. The molecule has 0 aromatic heterocycles. The molecule has 2 aliphatic rings. The number of rotatable bonds is 7. The molecule has 2 aliphatic heterocycles.